The van der Waals surface area contributed by atoms with E-state index in [1.807, 2.05) is 0 Å². The lowest BCUT2D eigenvalue weighted by atomic mass is 10.0. The molecule has 1 heterocycles. The van der Waals surface area contributed by atoms with E-state index in [1.165, 1.54) is 70.6 Å². The fourth-order valence-corrected chi connectivity index (χ4v) is 12.9. The molecule has 1 rings (SSSR count). The van der Waals surface area contributed by atoms with Gasteiger partial charge in [-0.2, -0.15) is 0 Å². The molecular weight excluding hydrogens is 531 g/mol. The third kappa shape index (κ3) is 19.3. The van der Waals surface area contributed by atoms with Crippen LogP contribution in [-0.2, 0) is 35.4 Å². The van der Waals surface area contributed by atoms with Gasteiger partial charge in [0.15, 0.2) is 10.8 Å². The first-order valence-electron chi connectivity index (χ1n) is 14.4. The lowest BCUT2D eigenvalue weighted by Gasteiger charge is -2.21. The van der Waals surface area contributed by atoms with E-state index in [0.717, 1.165) is 43.6 Å². The summed E-state index contributed by atoms with van der Waals surface area (Å²) in [6.45, 7) is 4.60. The molecule has 1 saturated heterocycles. The molecule has 1 fully saturated rings. The van der Waals surface area contributed by atoms with Crippen LogP contribution in [0.15, 0.2) is 0 Å². The minimum absolute atomic E-state index is 0.0416. The van der Waals surface area contributed by atoms with Crippen molar-refractivity contribution in [2.45, 2.75) is 136 Å². The van der Waals surface area contributed by atoms with E-state index in [9.17, 15) is 9.59 Å². The molecule has 0 unspecified atom stereocenters. The first-order valence-corrected chi connectivity index (χ1v) is 20.3. The van der Waals surface area contributed by atoms with Crippen LogP contribution in [0.25, 0.3) is 0 Å². The van der Waals surface area contributed by atoms with Crippen LogP contribution in [0.1, 0.15) is 129 Å². The summed E-state index contributed by atoms with van der Waals surface area (Å²) in [6, 6.07) is 0. The molecule has 0 radical (unpaired) electrons. The van der Waals surface area contributed by atoms with Gasteiger partial charge < -0.3 is 14.0 Å². The molecule has 5 nitrogen and oxygen atoms in total. The number of hydrogen-bond acceptors (Lipinski definition) is 8. The van der Waals surface area contributed by atoms with Gasteiger partial charge in [0.1, 0.15) is 6.61 Å². The van der Waals surface area contributed by atoms with Gasteiger partial charge in [0.05, 0.1) is 6.61 Å². The molecule has 0 bridgehead atoms. The summed E-state index contributed by atoms with van der Waals surface area (Å²) in [7, 11) is 0. The van der Waals surface area contributed by atoms with Crippen molar-refractivity contribution in [2.24, 2.45) is 0 Å². The summed E-state index contributed by atoms with van der Waals surface area (Å²) in [5, 5.41) is 0. The Morgan fingerprint density at radius 3 is 1.69 bits per heavy atom. The predicted molar refractivity (Wildman–Crippen MR) is 160 cm³/mol. The van der Waals surface area contributed by atoms with Crippen molar-refractivity contribution in [3.63, 3.8) is 0 Å². The molecule has 0 aliphatic carbocycles. The van der Waals surface area contributed by atoms with Gasteiger partial charge in [0, 0.05) is 24.3 Å². The molecule has 1 aliphatic rings. The Labute approximate surface area is 234 Å². The fourth-order valence-electron chi connectivity index (χ4n) is 4.01. The third-order valence-corrected chi connectivity index (χ3v) is 16.1. The molecule has 0 amide bonds. The first kappa shape index (κ1) is 34.3. The number of carbonyl (C=O) groups is 2. The van der Waals surface area contributed by atoms with Crippen LogP contribution in [-0.4, -0.2) is 42.8 Å². The Bertz CT molecular complexity index is 610. The molecule has 9 heteroatoms. The topological polar surface area (TPSA) is 61.8 Å². The highest BCUT2D eigenvalue weighted by molar-refractivity contribution is 9.00. The average molecular weight is 583 g/mol. The minimum atomic E-state index is -1.95. The molecule has 0 aromatic heterocycles. The molecule has 1 atom stereocenters. The summed E-state index contributed by atoms with van der Waals surface area (Å²) < 4.78 is 15.1. The summed E-state index contributed by atoms with van der Waals surface area (Å²) >= 11 is 9.02. The maximum Gasteiger partial charge on any atom is 0.306 e. The van der Waals surface area contributed by atoms with E-state index in [4.69, 9.17) is 25.8 Å². The Kier molecular flexibility index (Phi) is 22.1. The molecule has 0 saturated carbocycles. The molecule has 212 valence electrons. The normalized spacial score (nSPS) is 15.6. The minimum Gasteiger partial charge on any atom is -0.462 e. The quantitative estimate of drug-likeness (QED) is 0.0634. The van der Waals surface area contributed by atoms with Crippen LogP contribution in [0.5, 0.6) is 0 Å². The van der Waals surface area contributed by atoms with Gasteiger partial charge in [-0.3, -0.25) is 9.59 Å². The highest BCUT2D eigenvalue weighted by Gasteiger charge is 2.28. The van der Waals surface area contributed by atoms with E-state index >= 15 is 0 Å². The van der Waals surface area contributed by atoms with E-state index in [0.29, 0.717) is 12.8 Å². The van der Waals surface area contributed by atoms with E-state index < -0.39 is 10.8 Å². The molecular formula is C27H51O5PS3. The summed E-state index contributed by atoms with van der Waals surface area (Å²) in [4.78, 5) is 24.5. The van der Waals surface area contributed by atoms with Gasteiger partial charge >= 0.3 is 11.9 Å². The van der Waals surface area contributed by atoms with E-state index in [-0.39, 0.29) is 25.2 Å². The Morgan fingerprint density at radius 2 is 1.14 bits per heavy atom. The molecule has 0 aromatic rings. The van der Waals surface area contributed by atoms with E-state index in [2.05, 4.69) is 13.8 Å². The molecule has 1 aliphatic heterocycles. The third-order valence-electron chi connectivity index (χ3n) is 6.20. The Hall–Kier alpha value is 0.250. The number of hydrogen-bond donors (Lipinski definition) is 0. The van der Waals surface area contributed by atoms with Gasteiger partial charge in [-0.15, -0.1) is 0 Å². The van der Waals surface area contributed by atoms with Crippen molar-refractivity contribution < 1.29 is 23.6 Å². The van der Waals surface area contributed by atoms with Crippen molar-refractivity contribution in [1.82, 2.24) is 0 Å². The number of rotatable bonds is 24. The highest BCUT2D eigenvalue weighted by Crippen LogP contribution is 2.74. The highest BCUT2D eigenvalue weighted by atomic mass is 33.2. The smallest absolute Gasteiger partial charge is 0.306 e. The van der Waals surface area contributed by atoms with Crippen LogP contribution >= 0.6 is 27.4 Å². The van der Waals surface area contributed by atoms with Crippen molar-refractivity contribution >= 4 is 51.2 Å². The zero-order chi connectivity index (χ0) is 26.3. The number of carbonyl (C=O) groups excluding carboxylic acids is 2. The lowest BCUT2D eigenvalue weighted by molar-refractivity contribution is -0.160. The zero-order valence-corrected chi connectivity index (χ0v) is 26.2. The second-order valence-electron chi connectivity index (χ2n) is 9.65. The predicted octanol–water partition coefficient (Wildman–Crippen LogP) is 9.22. The summed E-state index contributed by atoms with van der Waals surface area (Å²) in [5.74, 6) is 1.51. The van der Waals surface area contributed by atoms with Crippen LogP contribution < -0.4 is 0 Å². The summed E-state index contributed by atoms with van der Waals surface area (Å²) in [5.41, 5.74) is 0. The van der Waals surface area contributed by atoms with Crippen LogP contribution in [0.4, 0.5) is 0 Å². The van der Waals surface area contributed by atoms with Crippen LogP contribution in [0.3, 0.4) is 0 Å². The second-order valence-corrected chi connectivity index (χ2v) is 20.4. The molecule has 0 aromatic carbocycles. The fraction of sp³-hybridized carbons (Fsp3) is 0.926. The molecule has 36 heavy (non-hydrogen) atoms. The monoisotopic (exact) mass is 582 g/mol. The lowest BCUT2D eigenvalue weighted by Crippen LogP contribution is -2.29. The van der Waals surface area contributed by atoms with Crippen molar-refractivity contribution in [3.8, 4) is 0 Å². The van der Waals surface area contributed by atoms with Crippen molar-refractivity contribution in [1.29, 1.82) is 0 Å². The largest absolute Gasteiger partial charge is 0.462 e. The number of unbranched alkanes of at least 4 members (excludes halogenated alkanes) is 14. The standard InChI is InChI=1S/C27H51O5PS3/c1-3-5-7-8-9-10-11-12-13-14-15-16-18-20-27(29)32-25(23-30-26(28)19-17-6-4-2)24-31-33(34)35-21-22-36-33/h25H,3-24H2,1-2H3/t25-/m1/s1. The van der Waals surface area contributed by atoms with Crippen LogP contribution in [0.2, 0.25) is 0 Å². The first-order chi connectivity index (χ1) is 17.5. The van der Waals surface area contributed by atoms with Gasteiger partial charge in [0.25, 0.3) is 0 Å². The van der Waals surface area contributed by atoms with Gasteiger partial charge in [-0.05, 0) is 24.6 Å². The Morgan fingerprint density at radius 1 is 0.694 bits per heavy atom. The van der Waals surface area contributed by atoms with Gasteiger partial charge in [0.2, 0.25) is 0 Å². The number of esters is 2. The SMILES string of the molecule is CCCCCCCCCCCCCCCC(=O)O[C@H](COC(=O)CCCCC)COP1(=S)SCCS1. The molecule has 0 N–H and O–H groups in total. The maximum atomic E-state index is 12.4. The van der Waals surface area contributed by atoms with Gasteiger partial charge in [-0.1, -0.05) is 127 Å². The van der Waals surface area contributed by atoms with E-state index in [1.54, 1.807) is 22.8 Å². The maximum absolute atomic E-state index is 12.4. The zero-order valence-electron chi connectivity index (χ0n) is 22.8. The average Bonchev–Trinajstić information content (AvgIpc) is 3.30. The van der Waals surface area contributed by atoms with Crippen molar-refractivity contribution in [3.05, 3.63) is 0 Å². The van der Waals surface area contributed by atoms with Crippen LogP contribution in [0, 0.1) is 0 Å². The van der Waals surface area contributed by atoms with Crippen molar-refractivity contribution in [2.75, 3.05) is 24.7 Å². The second kappa shape index (κ2) is 23.2. The van der Waals surface area contributed by atoms with Gasteiger partial charge in [-0.25, -0.2) is 0 Å². The Balaban J connectivity index is 2.18. The summed E-state index contributed by atoms with van der Waals surface area (Å²) in [6.07, 6.45) is 19.6. The molecule has 0 spiro atoms. The number of ether oxygens (including phenoxy) is 2.